The van der Waals surface area contributed by atoms with E-state index in [9.17, 15) is 0 Å². The number of benzene rings is 4. The van der Waals surface area contributed by atoms with Crippen molar-refractivity contribution < 1.29 is 9.78 Å². The molecule has 0 saturated heterocycles. The van der Waals surface area contributed by atoms with Gasteiger partial charge in [-0.3, -0.25) is 9.78 Å². The van der Waals surface area contributed by atoms with Gasteiger partial charge in [0.05, 0.1) is 16.6 Å². The normalized spacial score (nSPS) is 10.9. The van der Waals surface area contributed by atoms with Crippen LogP contribution in [0.25, 0.3) is 44.1 Å². The largest absolute Gasteiger partial charge is 0.296 e. The summed E-state index contributed by atoms with van der Waals surface area (Å²) in [6, 6.07) is 35.6. The standard InChI is InChI=1S/C28H18N4O2/c1-3-10-19(11-4-1)22-15-9-17-24-27(22)26(20-12-5-2-6-13-20)28(32-30-24)34-33-25-18-21-14-7-8-16-23(21)29-31-25/h1-18H. The smallest absolute Gasteiger partial charge is 0.266 e. The molecule has 0 amide bonds. The third-order valence-electron chi connectivity index (χ3n) is 5.58. The van der Waals surface area contributed by atoms with E-state index in [4.69, 9.17) is 9.78 Å². The lowest BCUT2D eigenvalue weighted by atomic mass is 9.94. The molecule has 6 rings (SSSR count). The molecule has 0 aliphatic heterocycles. The molecule has 0 saturated carbocycles. The van der Waals surface area contributed by atoms with Crippen LogP contribution in [0.5, 0.6) is 11.8 Å². The second kappa shape index (κ2) is 8.60. The summed E-state index contributed by atoms with van der Waals surface area (Å²) >= 11 is 0. The van der Waals surface area contributed by atoms with Gasteiger partial charge in [-0.05, 0) is 28.8 Å². The summed E-state index contributed by atoms with van der Waals surface area (Å²) in [5, 5.41) is 18.9. The van der Waals surface area contributed by atoms with E-state index in [1.54, 1.807) is 6.07 Å². The molecule has 34 heavy (non-hydrogen) atoms. The predicted octanol–water partition coefficient (Wildman–Crippen LogP) is 6.28. The maximum Gasteiger partial charge on any atom is 0.296 e. The summed E-state index contributed by atoms with van der Waals surface area (Å²) in [5.41, 5.74) is 5.37. The molecule has 2 aromatic heterocycles. The van der Waals surface area contributed by atoms with E-state index in [0.717, 1.165) is 44.1 Å². The molecular formula is C28H18N4O2. The fraction of sp³-hybridized carbons (Fsp3) is 0. The van der Waals surface area contributed by atoms with Crippen LogP contribution in [-0.4, -0.2) is 20.4 Å². The molecule has 0 bridgehead atoms. The minimum absolute atomic E-state index is 0.232. The summed E-state index contributed by atoms with van der Waals surface area (Å²) in [4.78, 5) is 11.3. The zero-order valence-corrected chi connectivity index (χ0v) is 18.0. The summed E-state index contributed by atoms with van der Waals surface area (Å²) in [6.07, 6.45) is 0. The number of nitrogens with zero attached hydrogens (tertiary/aromatic N) is 4. The molecule has 2 heterocycles. The maximum absolute atomic E-state index is 5.75. The number of rotatable bonds is 5. The molecule has 0 fully saturated rings. The van der Waals surface area contributed by atoms with Crippen molar-refractivity contribution in [3.63, 3.8) is 0 Å². The Labute approximate surface area is 195 Å². The van der Waals surface area contributed by atoms with Gasteiger partial charge in [0.25, 0.3) is 11.8 Å². The number of fused-ring (bicyclic) bond motifs is 2. The van der Waals surface area contributed by atoms with Crippen molar-refractivity contribution in [2.75, 3.05) is 0 Å². The Balaban J connectivity index is 1.49. The fourth-order valence-electron chi connectivity index (χ4n) is 4.02. The monoisotopic (exact) mass is 442 g/mol. The highest BCUT2D eigenvalue weighted by atomic mass is 17.2. The molecule has 0 unspecified atom stereocenters. The number of hydrogen-bond donors (Lipinski definition) is 0. The first-order valence-electron chi connectivity index (χ1n) is 10.8. The Morgan fingerprint density at radius 3 is 2.00 bits per heavy atom. The zero-order valence-electron chi connectivity index (χ0n) is 18.0. The Morgan fingerprint density at radius 1 is 0.500 bits per heavy atom. The summed E-state index contributed by atoms with van der Waals surface area (Å²) in [6.45, 7) is 0. The Bertz CT molecular complexity index is 1610. The van der Waals surface area contributed by atoms with Crippen LogP contribution in [0.2, 0.25) is 0 Å². The molecule has 0 N–H and O–H groups in total. The van der Waals surface area contributed by atoms with Crippen LogP contribution >= 0.6 is 0 Å². The molecule has 0 aliphatic rings. The van der Waals surface area contributed by atoms with Gasteiger partial charge < -0.3 is 0 Å². The molecular weight excluding hydrogens is 424 g/mol. The molecule has 0 atom stereocenters. The van der Waals surface area contributed by atoms with Crippen LogP contribution in [0.1, 0.15) is 0 Å². The molecule has 4 aromatic carbocycles. The van der Waals surface area contributed by atoms with Crippen LogP contribution < -0.4 is 9.78 Å². The average Bonchev–Trinajstić information content (AvgIpc) is 2.92. The summed E-state index contributed by atoms with van der Waals surface area (Å²) in [5.74, 6) is 0.480. The molecule has 0 aliphatic carbocycles. The van der Waals surface area contributed by atoms with Crippen molar-refractivity contribution in [3.05, 3.63) is 109 Å². The Morgan fingerprint density at radius 2 is 1.18 bits per heavy atom. The van der Waals surface area contributed by atoms with Crippen LogP contribution in [0, 0.1) is 0 Å². The van der Waals surface area contributed by atoms with Crippen molar-refractivity contribution in [1.29, 1.82) is 0 Å². The summed E-state index contributed by atoms with van der Waals surface area (Å²) in [7, 11) is 0. The second-order valence-electron chi connectivity index (χ2n) is 7.72. The van der Waals surface area contributed by atoms with Gasteiger partial charge in [-0.15, -0.1) is 20.4 Å². The predicted molar refractivity (Wildman–Crippen MR) is 131 cm³/mol. The van der Waals surface area contributed by atoms with E-state index in [-0.39, 0.29) is 11.8 Å². The van der Waals surface area contributed by atoms with Crippen LogP contribution in [0.4, 0.5) is 0 Å². The number of hydrogen-bond acceptors (Lipinski definition) is 6. The van der Waals surface area contributed by atoms with Crippen LogP contribution in [-0.2, 0) is 0 Å². The SMILES string of the molecule is c1ccc(-c2cccc3nnc(OOc4cc5ccccc5nn4)c(-c4ccccc4)c23)cc1. The molecule has 0 spiro atoms. The van der Waals surface area contributed by atoms with Crippen molar-refractivity contribution in [2.24, 2.45) is 0 Å². The van der Waals surface area contributed by atoms with Crippen molar-refractivity contribution >= 4 is 21.8 Å². The lowest BCUT2D eigenvalue weighted by molar-refractivity contribution is -0.109. The molecule has 6 aromatic rings. The lowest BCUT2D eigenvalue weighted by Crippen LogP contribution is -2.07. The minimum Gasteiger partial charge on any atom is -0.266 e. The van der Waals surface area contributed by atoms with Gasteiger partial charge in [-0.2, -0.15) is 0 Å². The van der Waals surface area contributed by atoms with Gasteiger partial charge in [0.1, 0.15) is 0 Å². The highest BCUT2D eigenvalue weighted by molar-refractivity contribution is 6.06. The van der Waals surface area contributed by atoms with Crippen molar-refractivity contribution in [1.82, 2.24) is 20.4 Å². The molecule has 0 radical (unpaired) electrons. The first-order valence-corrected chi connectivity index (χ1v) is 10.8. The highest BCUT2D eigenvalue weighted by Gasteiger charge is 2.19. The fourth-order valence-corrected chi connectivity index (χ4v) is 4.02. The Hall–Kier alpha value is -4.84. The second-order valence-corrected chi connectivity index (χ2v) is 7.72. The van der Waals surface area contributed by atoms with E-state index < -0.39 is 0 Å². The lowest BCUT2D eigenvalue weighted by Gasteiger charge is -2.14. The first kappa shape index (κ1) is 19.8. The molecule has 162 valence electrons. The van der Waals surface area contributed by atoms with E-state index >= 15 is 0 Å². The minimum atomic E-state index is 0.232. The molecule has 6 heteroatoms. The zero-order chi connectivity index (χ0) is 22.7. The van der Waals surface area contributed by atoms with Gasteiger partial charge in [0.2, 0.25) is 0 Å². The van der Waals surface area contributed by atoms with Gasteiger partial charge in [0, 0.05) is 16.8 Å². The quantitative estimate of drug-likeness (QED) is 0.231. The third kappa shape index (κ3) is 3.67. The van der Waals surface area contributed by atoms with E-state index in [2.05, 4.69) is 38.6 Å². The van der Waals surface area contributed by atoms with E-state index in [0.29, 0.717) is 0 Å². The topological polar surface area (TPSA) is 70.0 Å². The van der Waals surface area contributed by atoms with Crippen molar-refractivity contribution in [2.45, 2.75) is 0 Å². The van der Waals surface area contributed by atoms with Crippen LogP contribution in [0.3, 0.4) is 0 Å². The average molecular weight is 442 g/mol. The van der Waals surface area contributed by atoms with Gasteiger partial charge in [-0.1, -0.05) is 91.0 Å². The first-order chi connectivity index (χ1) is 16.9. The highest BCUT2D eigenvalue weighted by Crippen LogP contribution is 2.40. The van der Waals surface area contributed by atoms with Gasteiger partial charge >= 0.3 is 0 Å². The van der Waals surface area contributed by atoms with E-state index in [1.165, 1.54) is 0 Å². The Kier molecular flexibility index (Phi) is 5.01. The van der Waals surface area contributed by atoms with Gasteiger partial charge in [-0.25, -0.2) is 0 Å². The van der Waals surface area contributed by atoms with Crippen molar-refractivity contribution in [3.8, 4) is 34.0 Å². The van der Waals surface area contributed by atoms with E-state index in [1.807, 2.05) is 84.9 Å². The summed E-state index contributed by atoms with van der Waals surface area (Å²) < 4.78 is 0. The maximum atomic E-state index is 5.75. The van der Waals surface area contributed by atoms with Crippen LogP contribution in [0.15, 0.2) is 109 Å². The third-order valence-corrected chi connectivity index (χ3v) is 5.58. The molecule has 6 nitrogen and oxygen atoms in total. The number of aromatic nitrogens is 4. The van der Waals surface area contributed by atoms with Gasteiger partial charge in [0.15, 0.2) is 0 Å².